The third kappa shape index (κ3) is 5.85. The van der Waals surface area contributed by atoms with E-state index in [9.17, 15) is 13.2 Å². The highest BCUT2D eigenvalue weighted by Gasteiger charge is 2.18. The number of methoxy groups -OCH3 is 1. The van der Waals surface area contributed by atoms with Crippen molar-refractivity contribution < 1.29 is 17.9 Å². The zero-order chi connectivity index (χ0) is 15.9. The molecule has 0 fully saturated rings. The van der Waals surface area contributed by atoms with Gasteiger partial charge in [0.25, 0.3) is 0 Å². The van der Waals surface area contributed by atoms with Gasteiger partial charge in [0.15, 0.2) is 9.84 Å². The molecule has 0 saturated carbocycles. The highest BCUT2D eigenvalue weighted by molar-refractivity contribution is 7.91. The van der Waals surface area contributed by atoms with E-state index < -0.39 is 9.84 Å². The third-order valence-corrected chi connectivity index (χ3v) is 5.02. The molecule has 0 aromatic heterocycles. The van der Waals surface area contributed by atoms with Crippen molar-refractivity contribution in [2.24, 2.45) is 0 Å². The van der Waals surface area contributed by atoms with E-state index in [2.05, 4.69) is 4.74 Å². The molecule has 0 amide bonds. The summed E-state index contributed by atoms with van der Waals surface area (Å²) in [5, 5.41) is 0. The molecule has 0 aliphatic carbocycles. The van der Waals surface area contributed by atoms with E-state index >= 15 is 0 Å². The van der Waals surface area contributed by atoms with E-state index in [0.29, 0.717) is 18.0 Å². The van der Waals surface area contributed by atoms with Crippen LogP contribution in [0, 0.1) is 0 Å². The van der Waals surface area contributed by atoms with Gasteiger partial charge in [-0.25, -0.2) is 8.42 Å². The number of carbonyl (C=O) groups excluding carboxylic acids is 1. The van der Waals surface area contributed by atoms with Gasteiger partial charge in [0, 0.05) is 19.1 Å². The van der Waals surface area contributed by atoms with Gasteiger partial charge >= 0.3 is 5.97 Å². The Morgan fingerprint density at radius 3 is 2.33 bits per heavy atom. The predicted octanol–water partition coefficient (Wildman–Crippen LogP) is 1.73. The topological polar surface area (TPSA) is 63.7 Å². The summed E-state index contributed by atoms with van der Waals surface area (Å²) in [6.07, 6.45) is 0.264. The first kappa shape index (κ1) is 17.7. The molecule has 0 atom stereocenters. The molecule has 0 aliphatic rings. The minimum Gasteiger partial charge on any atom is -0.469 e. The van der Waals surface area contributed by atoms with Crippen LogP contribution in [-0.4, -0.2) is 51.3 Å². The quantitative estimate of drug-likeness (QED) is 0.684. The van der Waals surface area contributed by atoms with Gasteiger partial charge in [0.05, 0.1) is 24.2 Å². The maximum absolute atomic E-state index is 12.2. The maximum atomic E-state index is 12.2. The molecular weight excluding hydrogens is 290 g/mol. The Kier molecular flexibility index (Phi) is 6.84. The molecule has 0 heterocycles. The number of benzene rings is 1. The van der Waals surface area contributed by atoms with Crippen LogP contribution in [0.3, 0.4) is 0 Å². The van der Waals surface area contributed by atoms with Crippen LogP contribution in [0.4, 0.5) is 0 Å². The standard InChI is InChI=1S/C15H23NO4S/c1-13(2)16(10-9-15(17)20-3)11-12-21(18,19)14-7-5-4-6-8-14/h4-8,13H,9-12H2,1-3H3. The normalized spacial score (nSPS) is 11.9. The van der Waals surface area contributed by atoms with Gasteiger partial charge in [-0.05, 0) is 26.0 Å². The largest absolute Gasteiger partial charge is 0.469 e. The van der Waals surface area contributed by atoms with Gasteiger partial charge < -0.3 is 4.74 Å². The first-order valence-electron chi connectivity index (χ1n) is 6.95. The number of sulfone groups is 1. The summed E-state index contributed by atoms with van der Waals surface area (Å²) in [5.41, 5.74) is 0. The Morgan fingerprint density at radius 2 is 1.81 bits per heavy atom. The lowest BCUT2D eigenvalue weighted by atomic mass is 10.3. The molecule has 6 heteroatoms. The van der Waals surface area contributed by atoms with Crippen molar-refractivity contribution in [1.29, 1.82) is 0 Å². The summed E-state index contributed by atoms with van der Waals surface area (Å²) in [7, 11) is -1.94. The van der Waals surface area contributed by atoms with Crippen LogP contribution in [0.2, 0.25) is 0 Å². The van der Waals surface area contributed by atoms with Crippen LogP contribution >= 0.6 is 0 Å². The Balaban J connectivity index is 2.63. The van der Waals surface area contributed by atoms with Crippen molar-refractivity contribution in [3.05, 3.63) is 30.3 Å². The van der Waals surface area contributed by atoms with Gasteiger partial charge in [-0.1, -0.05) is 18.2 Å². The molecule has 1 rings (SSSR count). The molecule has 0 aliphatic heterocycles. The number of hydrogen-bond acceptors (Lipinski definition) is 5. The molecule has 1 aromatic carbocycles. The molecule has 0 bridgehead atoms. The van der Waals surface area contributed by atoms with Crippen LogP contribution < -0.4 is 0 Å². The number of carbonyl (C=O) groups is 1. The Labute approximate surface area is 126 Å². The zero-order valence-corrected chi connectivity index (χ0v) is 13.6. The molecule has 0 radical (unpaired) electrons. The van der Waals surface area contributed by atoms with Crippen molar-refractivity contribution in [3.63, 3.8) is 0 Å². The van der Waals surface area contributed by atoms with Gasteiger partial charge in [-0.3, -0.25) is 9.69 Å². The molecule has 0 N–H and O–H groups in total. The first-order chi connectivity index (χ1) is 9.86. The zero-order valence-electron chi connectivity index (χ0n) is 12.8. The van der Waals surface area contributed by atoms with Crippen molar-refractivity contribution in [2.45, 2.75) is 31.2 Å². The number of ether oxygens (including phenoxy) is 1. The molecule has 118 valence electrons. The number of rotatable bonds is 8. The second-order valence-corrected chi connectivity index (χ2v) is 7.20. The number of hydrogen-bond donors (Lipinski definition) is 0. The van der Waals surface area contributed by atoms with E-state index in [4.69, 9.17) is 0 Å². The molecule has 1 aromatic rings. The monoisotopic (exact) mass is 313 g/mol. The molecule has 21 heavy (non-hydrogen) atoms. The van der Waals surface area contributed by atoms with Gasteiger partial charge in [0.1, 0.15) is 0 Å². The van der Waals surface area contributed by atoms with E-state index in [-0.39, 0.29) is 24.2 Å². The van der Waals surface area contributed by atoms with Crippen LogP contribution in [0.25, 0.3) is 0 Å². The first-order valence-corrected chi connectivity index (χ1v) is 8.60. The lowest BCUT2D eigenvalue weighted by molar-refractivity contribution is -0.141. The molecule has 0 saturated heterocycles. The van der Waals surface area contributed by atoms with E-state index in [0.717, 1.165) is 0 Å². The fourth-order valence-electron chi connectivity index (χ4n) is 1.95. The lowest BCUT2D eigenvalue weighted by Gasteiger charge is -2.25. The van der Waals surface area contributed by atoms with Crippen molar-refractivity contribution in [2.75, 3.05) is 26.0 Å². The summed E-state index contributed by atoms with van der Waals surface area (Å²) >= 11 is 0. The van der Waals surface area contributed by atoms with Crippen molar-refractivity contribution >= 4 is 15.8 Å². The highest BCUT2D eigenvalue weighted by Crippen LogP contribution is 2.11. The maximum Gasteiger partial charge on any atom is 0.306 e. The second-order valence-electron chi connectivity index (χ2n) is 5.09. The summed E-state index contributed by atoms with van der Waals surface area (Å²) in [4.78, 5) is 13.5. The Bertz CT molecular complexity index is 540. The Morgan fingerprint density at radius 1 is 1.19 bits per heavy atom. The fourth-order valence-corrected chi connectivity index (χ4v) is 3.23. The third-order valence-electron chi connectivity index (χ3n) is 3.31. The molecule has 0 unspecified atom stereocenters. The smallest absolute Gasteiger partial charge is 0.306 e. The minimum atomic E-state index is -3.29. The summed E-state index contributed by atoms with van der Waals surface area (Å²) in [6.45, 7) is 4.85. The lowest BCUT2D eigenvalue weighted by Crippen LogP contribution is -2.36. The van der Waals surface area contributed by atoms with E-state index in [1.54, 1.807) is 30.3 Å². The predicted molar refractivity (Wildman–Crippen MR) is 81.8 cm³/mol. The van der Waals surface area contributed by atoms with Crippen LogP contribution in [0.5, 0.6) is 0 Å². The summed E-state index contributed by atoms with van der Waals surface area (Å²) < 4.78 is 29.1. The summed E-state index contributed by atoms with van der Waals surface area (Å²) in [6, 6.07) is 8.58. The SMILES string of the molecule is COC(=O)CCN(CCS(=O)(=O)c1ccccc1)C(C)C. The van der Waals surface area contributed by atoms with Crippen LogP contribution in [0.15, 0.2) is 35.2 Å². The van der Waals surface area contributed by atoms with Crippen LogP contribution in [0.1, 0.15) is 20.3 Å². The number of esters is 1. The summed E-state index contributed by atoms with van der Waals surface area (Å²) in [5.74, 6) is -0.248. The number of nitrogens with zero attached hydrogens (tertiary/aromatic N) is 1. The highest BCUT2D eigenvalue weighted by atomic mass is 32.2. The van der Waals surface area contributed by atoms with Crippen molar-refractivity contribution in [3.8, 4) is 0 Å². The molecule has 0 spiro atoms. The van der Waals surface area contributed by atoms with Gasteiger partial charge in [-0.2, -0.15) is 0 Å². The average Bonchev–Trinajstić information content (AvgIpc) is 2.47. The minimum absolute atomic E-state index is 0.0381. The second kappa shape index (κ2) is 8.14. The fraction of sp³-hybridized carbons (Fsp3) is 0.533. The Hall–Kier alpha value is -1.40. The molecular formula is C15H23NO4S. The average molecular weight is 313 g/mol. The van der Waals surface area contributed by atoms with Gasteiger partial charge in [0.2, 0.25) is 0 Å². The molecule has 5 nitrogen and oxygen atoms in total. The van der Waals surface area contributed by atoms with Crippen LogP contribution in [-0.2, 0) is 19.4 Å². The van der Waals surface area contributed by atoms with E-state index in [1.165, 1.54) is 7.11 Å². The van der Waals surface area contributed by atoms with Crippen molar-refractivity contribution in [1.82, 2.24) is 4.90 Å². The van der Waals surface area contributed by atoms with E-state index in [1.807, 2.05) is 18.7 Å². The van der Waals surface area contributed by atoms with Gasteiger partial charge in [-0.15, -0.1) is 0 Å².